The fraction of sp³-hybridized carbons (Fsp3) is 0.462. The van der Waals surface area contributed by atoms with E-state index in [1.54, 1.807) is 0 Å². The largest absolute Gasteiger partial charge is 0.496 e. The first-order valence-corrected chi connectivity index (χ1v) is 6.33. The Bertz CT molecular complexity index is 531. The molecule has 1 aromatic rings. The summed E-state index contributed by atoms with van der Waals surface area (Å²) >= 11 is 0. The molecule has 0 bridgehead atoms. The molecule has 108 valence electrons. The van der Waals surface area contributed by atoms with E-state index in [0.717, 1.165) is 6.42 Å². The molecular weight excluding hydrogens is 264 g/mol. The molecule has 1 heterocycles. The van der Waals surface area contributed by atoms with Crippen molar-refractivity contribution in [2.45, 2.75) is 18.9 Å². The number of rotatable bonds is 4. The Kier molecular flexibility index (Phi) is 4.19. The molecule has 0 spiro atoms. The zero-order valence-electron chi connectivity index (χ0n) is 11.1. The molecule has 1 amide bonds. The van der Waals surface area contributed by atoms with Crippen molar-refractivity contribution in [2.75, 3.05) is 20.3 Å². The van der Waals surface area contributed by atoms with E-state index in [9.17, 15) is 20.0 Å². The maximum absolute atomic E-state index is 12.6. The Morgan fingerprint density at radius 3 is 2.95 bits per heavy atom. The van der Waals surface area contributed by atoms with E-state index in [0.29, 0.717) is 13.0 Å². The molecule has 1 unspecified atom stereocenters. The summed E-state index contributed by atoms with van der Waals surface area (Å²) in [7, 11) is 1.36. The van der Waals surface area contributed by atoms with Crippen LogP contribution in [-0.2, 0) is 0 Å². The van der Waals surface area contributed by atoms with Crippen molar-refractivity contribution in [3.8, 4) is 5.75 Å². The molecule has 20 heavy (non-hydrogen) atoms. The quantitative estimate of drug-likeness (QED) is 0.660. The summed E-state index contributed by atoms with van der Waals surface area (Å²) < 4.78 is 5.07. The molecule has 0 radical (unpaired) electrons. The van der Waals surface area contributed by atoms with Gasteiger partial charge in [0.15, 0.2) is 5.56 Å². The van der Waals surface area contributed by atoms with Crippen molar-refractivity contribution in [1.29, 1.82) is 0 Å². The highest BCUT2D eigenvalue weighted by molar-refractivity contribution is 6.01. The number of aliphatic hydroxyl groups is 1. The molecule has 1 fully saturated rings. The molecule has 1 saturated heterocycles. The van der Waals surface area contributed by atoms with Crippen molar-refractivity contribution in [3.05, 3.63) is 33.9 Å². The van der Waals surface area contributed by atoms with Crippen LogP contribution < -0.4 is 4.74 Å². The smallest absolute Gasteiger partial charge is 0.285 e. The number of benzene rings is 1. The summed E-state index contributed by atoms with van der Waals surface area (Å²) in [5.74, 6) is -0.293. The first kappa shape index (κ1) is 14.3. The van der Waals surface area contributed by atoms with Gasteiger partial charge in [0.2, 0.25) is 0 Å². The van der Waals surface area contributed by atoms with Crippen LogP contribution in [0.25, 0.3) is 0 Å². The van der Waals surface area contributed by atoms with Crippen molar-refractivity contribution < 1.29 is 19.6 Å². The molecule has 0 aliphatic carbocycles. The van der Waals surface area contributed by atoms with Crippen molar-refractivity contribution in [2.24, 2.45) is 0 Å². The van der Waals surface area contributed by atoms with Gasteiger partial charge in [-0.2, -0.15) is 0 Å². The second kappa shape index (κ2) is 5.87. The Labute approximate surface area is 115 Å². The van der Waals surface area contributed by atoms with Crippen molar-refractivity contribution in [1.82, 2.24) is 4.90 Å². The van der Waals surface area contributed by atoms with Gasteiger partial charge in [0.1, 0.15) is 5.75 Å². The van der Waals surface area contributed by atoms with Crippen LogP contribution >= 0.6 is 0 Å². The maximum Gasteiger partial charge on any atom is 0.285 e. The lowest BCUT2D eigenvalue weighted by atomic mass is 10.1. The Morgan fingerprint density at radius 1 is 1.60 bits per heavy atom. The number of hydrogen-bond acceptors (Lipinski definition) is 5. The van der Waals surface area contributed by atoms with Crippen molar-refractivity contribution in [3.63, 3.8) is 0 Å². The van der Waals surface area contributed by atoms with E-state index in [4.69, 9.17) is 4.74 Å². The Morgan fingerprint density at radius 2 is 2.35 bits per heavy atom. The van der Waals surface area contributed by atoms with E-state index < -0.39 is 10.8 Å². The second-order valence-corrected chi connectivity index (χ2v) is 4.59. The molecule has 7 heteroatoms. The molecule has 1 aliphatic rings. The normalized spacial score (nSPS) is 18.1. The monoisotopic (exact) mass is 280 g/mol. The highest BCUT2D eigenvalue weighted by Crippen LogP contribution is 2.31. The number of nitrogens with zero attached hydrogens (tertiary/aromatic N) is 2. The van der Waals surface area contributed by atoms with Gasteiger partial charge >= 0.3 is 0 Å². The first-order valence-electron chi connectivity index (χ1n) is 6.33. The summed E-state index contributed by atoms with van der Waals surface area (Å²) in [6, 6.07) is 3.98. The van der Waals surface area contributed by atoms with E-state index in [-0.39, 0.29) is 29.6 Å². The molecule has 1 aromatic carbocycles. The topological polar surface area (TPSA) is 92.9 Å². The number of carbonyl (C=O) groups excluding carboxylic acids is 1. The van der Waals surface area contributed by atoms with E-state index in [1.807, 2.05) is 0 Å². The van der Waals surface area contributed by atoms with Crippen LogP contribution in [0.3, 0.4) is 0 Å². The molecule has 7 nitrogen and oxygen atoms in total. The summed E-state index contributed by atoms with van der Waals surface area (Å²) in [5.41, 5.74) is -0.335. The van der Waals surface area contributed by atoms with Gasteiger partial charge in [-0.15, -0.1) is 0 Å². The Balaban J connectivity index is 2.45. The van der Waals surface area contributed by atoms with Gasteiger partial charge in [-0.3, -0.25) is 14.9 Å². The summed E-state index contributed by atoms with van der Waals surface area (Å²) in [4.78, 5) is 24.5. The standard InChI is InChI=1S/C13H16N2O5/c1-20-11-6-2-5-10(15(18)19)12(11)13(17)14-7-3-4-9(14)8-16/h2,5-6,9,16H,3-4,7-8H2,1H3. The second-order valence-electron chi connectivity index (χ2n) is 4.59. The molecule has 1 N–H and O–H groups in total. The van der Waals surface area contributed by atoms with Gasteiger partial charge in [0.25, 0.3) is 11.6 Å². The van der Waals surface area contributed by atoms with E-state index in [1.165, 1.54) is 30.2 Å². The predicted octanol–water partition coefficient (Wildman–Crippen LogP) is 1.20. The van der Waals surface area contributed by atoms with Gasteiger partial charge in [0.05, 0.1) is 24.7 Å². The minimum Gasteiger partial charge on any atom is -0.496 e. The van der Waals surface area contributed by atoms with E-state index >= 15 is 0 Å². The lowest BCUT2D eigenvalue weighted by molar-refractivity contribution is -0.385. The van der Waals surface area contributed by atoms with Gasteiger partial charge in [-0.05, 0) is 18.9 Å². The van der Waals surface area contributed by atoms with Crippen molar-refractivity contribution >= 4 is 11.6 Å². The summed E-state index contributed by atoms with van der Waals surface area (Å²) in [6.45, 7) is 0.341. The summed E-state index contributed by atoms with van der Waals surface area (Å²) in [5, 5.41) is 20.4. The predicted molar refractivity (Wildman–Crippen MR) is 70.8 cm³/mol. The lowest BCUT2D eigenvalue weighted by Crippen LogP contribution is -2.38. The van der Waals surface area contributed by atoms with Crippen LogP contribution in [0.5, 0.6) is 5.75 Å². The number of likely N-dealkylation sites (tertiary alicyclic amines) is 1. The van der Waals surface area contributed by atoms with Crippen LogP contribution in [0.1, 0.15) is 23.2 Å². The molecule has 0 saturated carbocycles. The van der Waals surface area contributed by atoms with Gasteiger partial charge in [0, 0.05) is 12.6 Å². The number of carbonyl (C=O) groups is 1. The van der Waals surface area contributed by atoms with Crippen LogP contribution in [0.2, 0.25) is 0 Å². The minimum atomic E-state index is -0.597. The van der Waals surface area contributed by atoms with E-state index in [2.05, 4.69) is 0 Å². The third kappa shape index (κ3) is 2.44. The van der Waals surface area contributed by atoms with Gasteiger partial charge in [-0.1, -0.05) is 6.07 Å². The summed E-state index contributed by atoms with van der Waals surface area (Å²) in [6.07, 6.45) is 1.48. The molecule has 1 atom stereocenters. The zero-order valence-corrected chi connectivity index (χ0v) is 11.1. The first-order chi connectivity index (χ1) is 9.60. The Hall–Kier alpha value is -2.15. The molecular formula is C13H16N2O5. The number of ether oxygens (including phenoxy) is 1. The maximum atomic E-state index is 12.6. The fourth-order valence-electron chi connectivity index (χ4n) is 2.49. The minimum absolute atomic E-state index is 0.0552. The molecule has 1 aliphatic heterocycles. The lowest BCUT2D eigenvalue weighted by Gasteiger charge is -2.23. The number of amides is 1. The average Bonchev–Trinajstić information content (AvgIpc) is 2.93. The average molecular weight is 280 g/mol. The van der Waals surface area contributed by atoms with Gasteiger partial charge in [-0.25, -0.2) is 0 Å². The fourth-order valence-corrected chi connectivity index (χ4v) is 2.49. The molecule has 2 rings (SSSR count). The zero-order chi connectivity index (χ0) is 14.7. The SMILES string of the molecule is COc1cccc([N+](=O)[O-])c1C(=O)N1CCCC1CO. The third-order valence-electron chi connectivity index (χ3n) is 3.48. The van der Waals surface area contributed by atoms with Gasteiger partial charge < -0.3 is 14.7 Å². The third-order valence-corrected chi connectivity index (χ3v) is 3.48. The number of nitro groups is 1. The highest BCUT2D eigenvalue weighted by atomic mass is 16.6. The van der Waals surface area contributed by atoms with Crippen LogP contribution in [-0.4, -0.2) is 47.1 Å². The van der Waals surface area contributed by atoms with Crippen LogP contribution in [0.4, 0.5) is 5.69 Å². The number of hydrogen-bond donors (Lipinski definition) is 1. The van der Waals surface area contributed by atoms with Crippen LogP contribution in [0.15, 0.2) is 18.2 Å². The molecule has 0 aromatic heterocycles. The van der Waals surface area contributed by atoms with Crippen LogP contribution in [0, 0.1) is 10.1 Å². The number of nitro benzene ring substituents is 1. The number of aliphatic hydroxyl groups excluding tert-OH is 1. The number of methoxy groups -OCH3 is 1. The highest BCUT2D eigenvalue weighted by Gasteiger charge is 2.34.